The number of aromatic nitrogens is 1. The molecule has 1 aromatic heterocycles. The second-order valence-electron chi connectivity index (χ2n) is 4.79. The van der Waals surface area contributed by atoms with Gasteiger partial charge in [-0.3, -0.25) is 4.98 Å². The van der Waals surface area contributed by atoms with Gasteiger partial charge < -0.3 is 4.90 Å². The molecule has 3 heterocycles. The molecule has 0 spiro atoms. The van der Waals surface area contributed by atoms with Crippen molar-refractivity contribution in [1.29, 1.82) is 0 Å². The van der Waals surface area contributed by atoms with Gasteiger partial charge in [-0.05, 0) is 18.9 Å². The van der Waals surface area contributed by atoms with E-state index < -0.39 is 10.2 Å². The maximum Gasteiger partial charge on any atom is 0.323 e. The van der Waals surface area contributed by atoms with Gasteiger partial charge in [-0.2, -0.15) is 13.1 Å². The van der Waals surface area contributed by atoms with Crippen molar-refractivity contribution >= 4 is 16.0 Å². The molecule has 0 radical (unpaired) electrons. The van der Waals surface area contributed by atoms with Crippen molar-refractivity contribution in [3.05, 3.63) is 30.1 Å². The van der Waals surface area contributed by atoms with Crippen LogP contribution >= 0.6 is 0 Å². The summed E-state index contributed by atoms with van der Waals surface area (Å²) < 4.78 is 30.2. The molecule has 2 aliphatic heterocycles. The van der Waals surface area contributed by atoms with E-state index >= 15 is 0 Å². The highest BCUT2D eigenvalue weighted by Crippen LogP contribution is 2.27. The van der Waals surface area contributed by atoms with Crippen molar-refractivity contribution in [1.82, 2.24) is 14.6 Å². The molecule has 0 unspecified atom stereocenters. The molecule has 0 aromatic carbocycles. The number of amidine groups is 1. The predicted octanol–water partition coefficient (Wildman–Crippen LogP) is 1.20. The summed E-state index contributed by atoms with van der Waals surface area (Å²) in [5.74, 6) is 0.671. The number of fused-ring (bicyclic) bond motifs is 1. The molecule has 19 heavy (non-hydrogen) atoms. The van der Waals surface area contributed by atoms with Crippen LogP contribution in [-0.2, 0) is 10.2 Å². The van der Waals surface area contributed by atoms with Gasteiger partial charge in [-0.15, -0.1) is 4.40 Å². The molecule has 102 valence electrons. The fraction of sp³-hybridized carbons (Fsp3) is 0.500. The van der Waals surface area contributed by atoms with Crippen LogP contribution < -0.4 is 4.72 Å². The maximum atomic E-state index is 11.9. The average molecular weight is 280 g/mol. The van der Waals surface area contributed by atoms with Gasteiger partial charge in [0.2, 0.25) is 0 Å². The first-order valence-electron chi connectivity index (χ1n) is 6.43. The molecule has 1 saturated heterocycles. The smallest absolute Gasteiger partial charge is 0.323 e. The van der Waals surface area contributed by atoms with Gasteiger partial charge in [0.15, 0.2) is 0 Å². The lowest BCUT2D eigenvalue weighted by Gasteiger charge is -2.36. The van der Waals surface area contributed by atoms with Crippen LogP contribution in [-0.4, -0.2) is 30.7 Å². The van der Waals surface area contributed by atoms with E-state index in [1.165, 1.54) is 0 Å². The van der Waals surface area contributed by atoms with Gasteiger partial charge in [0.1, 0.15) is 12.0 Å². The minimum absolute atomic E-state index is 0.385. The van der Waals surface area contributed by atoms with Gasteiger partial charge in [0.25, 0.3) is 0 Å². The third-order valence-electron chi connectivity index (χ3n) is 3.43. The van der Waals surface area contributed by atoms with Crippen LogP contribution in [0.5, 0.6) is 0 Å². The molecular weight excluding hydrogens is 264 g/mol. The molecule has 1 aromatic rings. The zero-order valence-electron chi connectivity index (χ0n) is 10.5. The van der Waals surface area contributed by atoms with Crippen LogP contribution in [0.1, 0.15) is 37.4 Å². The van der Waals surface area contributed by atoms with Crippen molar-refractivity contribution in [3.63, 3.8) is 0 Å². The van der Waals surface area contributed by atoms with Crippen molar-refractivity contribution < 1.29 is 8.42 Å². The van der Waals surface area contributed by atoms with Crippen molar-refractivity contribution in [3.8, 4) is 0 Å². The van der Waals surface area contributed by atoms with Crippen LogP contribution in [0.4, 0.5) is 0 Å². The minimum atomic E-state index is -3.60. The summed E-state index contributed by atoms with van der Waals surface area (Å²) in [6.07, 6.45) is 6.86. The van der Waals surface area contributed by atoms with E-state index in [2.05, 4.69) is 14.1 Å². The molecule has 6 nitrogen and oxygen atoms in total. The lowest BCUT2D eigenvalue weighted by atomic mass is 10.2. The van der Waals surface area contributed by atoms with E-state index in [9.17, 15) is 8.42 Å². The standard InChI is InChI=1S/C12H16N4O2S/c17-19(18)14-11-6-2-1-3-8-16(11)12(15-19)10-5-4-7-13-9-10/h4-5,7,9,12,15H,1-3,6,8H2/t12-/m0/s1. The Kier molecular flexibility index (Phi) is 3.24. The molecule has 1 N–H and O–H groups in total. The molecule has 0 saturated carbocycles. The number of nitrogens with zero attached hydrogens (tertiary/aromatic N) is 3. The first kappa shape index (κ1) is 12.6. The summed E-state index contributed by atoms with van der Waals surface area (Å²) in [6.45, 7) is 0.820. The Morgan fingerprint density at radius 3 is 3.00 bits per heavy atom. The SMILES string of the molecule is O=S1(=O)N=C2CCCCCN2[C@@H](c2cccnc2)N1. The third kappa shape index (κ3) is 2.62. The molecule has 1 atom stereocenters. The predicted molar refractivity (Wildman–Crippen MR) is 71.6 cm³/mol. The van der Waals surface area contributed by atoms with E-state index in [0.29, 0.717) is 5.84 Å². The van der Waals surface area contributed by atoms with Crippen molar-refractivity contribution in [2.75, 3.05) is 6.54 Å². The van der Waals surface area contributed by atoms with Gasteiger partial charge in [0, 0.05) is 30.9 Å². The van der Waals surface area contributed by atoms with Gasteiger partial charge in [-0.25, -0.2) is 0 Å². The molecule has 7 heteroatoms. The Balaban J connectivity index is 2.02. The molecule has 2 aliphatic rings. The van der Waals surface area contributed by atoms with Gasteiger partial charge in [0.05, 0.1) is 0 Å². The second kappa shape index (κ2) is 4.90. The third-order valence-corrected chi connectivity index (χ3v) is 4.40. The first-order valence-corrected chi connectivity index (χ1v) is 7.87. The number of hydrogen-bond acceptors (Lipinski definition) is 4. The highest BCUT2D eigenvalue weighted by molar-refractivity contribution is 7.88. The molecular formula is C12H16N4O2S. The van der Waals surface area contributed by atoms with Crippen molar-refractivity contribution in [2.45, 2.75) is 31.8 Å². The van der Waals surface area contributed by atoms with Crippen LogP contribution in [0.15, 0.2) is 28.9 Å². The van der Waals surface area contributed by atoms with E-state index in [0.717, 1.165) is 37.8 Å². The second-order valence-corrected chi connectivity index (χ2v) is 6.16. The zero-order chi connectivity index (χ0) is 13.3. The normalized spacial score (nSPS) is 26.2. The van der Waals surface area contributed by atoms with Crippen molar-refractivity contribution in [2.24, 2.45) is 4.40 Å². The molecule has 1 fully saturated rings. The molecule has 0 bridgehead atoms. The summed E-state index contributed by atoms with van der Waals surface area (Å²) in [4.78, 5) is 6.11. The Hall–Kier alpha value is -1.47. The molecule has 0 aliphatic carbocycles. The van der Waals surface area contributed by atoms with Gasteiger partial charge in [-0.1, -0.05) is 12.5 Å². The maximum absolute atomic E-state index is 11.9. The number of pyridine rings is 1. The van der Waals surface area contributed by atoms with Crippen LogP contribution in [0, 0.1) is 0 Å². The highest BCUT2D eigenvalue weighted by Gasteiger charge is 2.33. The average Bonchev–Trinajstić information content (AvgIpc) is 2.63. The Morgan fingerprint density at radius 1 is 1.32 bits per heavy atom. The highest BCUT2D eigenvalue weighted by atomic mass is 32.2. The summed E-state index contributed by atoms with van der Waals surface area (Å²) in [5, 5.41) is 0. The van der Waals surface area contributed by atoms with Crippen LogP contribution in [0.25, 0.3) is 0 Å². The zero-order valence-corrected chi connectivity index (χ0v) is 11.3. The Bertz CT molecular complexity index is 585. The topological polar surface area (TPSA) is 74.7 Å². The molecule has 0 amide bonds. The molecule has 3 rings (SSSR count). The monoisotopic (exact) mass is 280 g/mol. The fourth-order valence-corrected chi connectivity index (χ4v) is 3.62. The fourth-order valence-electron chi connectivity index (χ4n) is 2.55. The summed E-state index contributed by atoms with van der Waals surface area (Å²) in [7, 11) is -3.60. The van der Waals surface area contributed by atoms with E-state index in [1.807, 2.05) is 17.0 Å². The first-order chi connectivity index (χ1) is 9.16. The Labute approximate surface area is 112 Å². The number of nitrogens with one attached hydrogen (secondary N) is 1. The minimum Gasteiger partial charge on any atom is -0.339 e. The Morgan fingerprint density at radius 2 is 2.21 bits per heavy atom. The lowest BCUT2D eigenvalue weighted by molar-refractivity contribution is 0.291. The van der Waals surface area contributed by atoms with E-state index in [1.54, 1.807) is 12.4 Å². The summed E-state index contributed by atoms with van der Waals surface area (Å²) in [6, 6.07) is 3.70. The van der Waals surface area contributed by atoms with E-state index in [-0.39, 0.29) is 6.17 Å². The van der Waals surface area contributed by atoms with Crippen LogP contribution in [0.2, 0.25) is 0 Å². The number of rotatable bonds is 1. The largest absolute Gasteiger partial charge is 0.339 e. The van der Waals surface area contributed by atoms with E-state index in [4.69, 9.17) is 0 Å². The lowest BCUT2D eigenvalue weighted by Crippen LogP contribution is -2.48. The van der Waals surface area contributed by atoms with Crippen LogP contribution in [0.3, 0.4) is 0 Å². The quantitative estimate of drug-likeness (QED) is 0.839. The van der Waals surface area contributed by atoms with Gasteiger partial charge >= 0.3 is 10.2 Å². The summed E-state index contributed by atoms with van der Waals surface area (Å²) in [5.41, 5.74) is 0.848. The number of hydrogen-bond donors (Lipinski definition) is 1. The summed E-state index contributed by atoms with van der Waals surface area (Å²) >= 11 is 0.